The van der Waals surface area contributed by atoms with Crippen LogP contribution in [0.2, 0.25) is 5.02 Å². The number of hydrogen-bond donors (Lipinski definition) is 2. The molecule has 0 aliphatic carbocycles. The average molecular weight is 268 g/mol. The van der Waals surface area contributed by atoms with Crippen molar-refractivity contribution in [3.63, 3.8) is 0 Å². The second-order valence-corrected chi connectivity index (χ2v) is 5.47. The van der Waals surface area contributed by atoms with Crippen LogP contribution in [0.4, 0.5) is 11.4 Å². The Hall–Kier alpha value is -0.930. The Bertz CT molecular complexity index is 420. The number of nitrogens with two attached hydrogens (primary N) is 1. The minimum atomic E-state index is 0.711. The third kappa shape index (κ3) is 2.90. The van der Waals surface area contributed by atoms with Gasteiger partial charge in [0.2, 0.25) is 0 Å². The van der Waals surface area contributed by atoms with E-state index in [4.69, 9.17) is 17.3 Å². The molecule has 1 saturated heterocycles. The van der Waals surface area contributed by atoms with Crippen molar-refractivity contribution in [3.05, 3.63) is 22.7 Å². The third-order valence-corrected chi connectivity index (χ3v) is 4.23. The molecule has 1 fully saturated rings. The maximum absolute atomic E-state index is 6.12. The van der Waals surface area contributed by atoms with Gasteiger partial charge in [0, 0.05) is 18.1 Å². The number of hydrogen-bond acceptors (Lipinski definition) is 3. The predicted molar refractivity (Wildman–Crippen MR) is 79.3 cm³/mol. The standard InChI is InChI=1S/C14H22ClN3/c1-3-18-7-6-11(9-18)8-17-14-10(2)12(15)4-5-13(14)16/h4-5,11,17H,3,6-9,16H2,1-2H3. The molecule has 0 amide bonds. The molecular weight excluding hydrogens is 246 g/mol. The van der Waals surface area contributed by atoms with Gasteiger partial charge in [-0.2, -0.15) is 0 Å². The highest BCUT2D eigenvalue weighted by molar-refractivity contribution is 6.31. The molecule has 0 spiro atoms. The molecular formula is C14H22ClN3. The van der Waals surface area contributed by atoms with Crippen molar-refractivity contribution in [2.45, 2.75) is 20.3 Å². The summed E-state index contributed by atoms with van der Waals surface area (Å²) in [6.45, 7) is 8.75. The summed E-state index contributed by atoms with van der Waals surface area (Å²) in [7, 11) is 0. The lowest BCUT2D eigenvalue weighted by Gasteiger charge is -2.17. The molecule has 0 bridgehead atoms. The Labute approximate surface area is 114 Å². The lowest BCUT2D eigenvalue weighted by Crippen LogP contribution is -2.22. The quantitative estimate of drug-likeness (QED) is 0.824. The van der Waals surface area contributed by atoms with Crippen LogP contribution in [0.5, 0.6) is 0 Å². The number of rotatable bonds is 4. The molecule has 1 aromatic carbocycles. The number of nitrogens with zero attached hydrogens (tertiary/aromatic N) is 1. The number of nitrogens with one attached hydrogen (secondary N) is 1. The fourth-order valence-corrected chi connectivity index (χ4v) is 2.71. The van der Waals surface area contributed by atoms with Crippen LogP contribution in [-0.2, 0) is 0 Å². The van der Waals surface area contributed by atoms with Gasteiger partial charge in [-0.1, -0.05) is 18.5 Å². The van der Waals surface area contributed by atoms with Crippen LogP contribution >= 0.6 is 11.6 Å². The maximum atomic E-state index is 6.12. The number of benzene rings is 1. The summed E-state index contributed by atoms with van der Waals surface area (Å²) in [5, 5.41) is 4.24. The van der Waals surface area contributed by atoms with E-state index in [0.29, 0.717) is 5.92 Å². The van der Waals surface area contributed by atoms with Gasteiger partial charge in [-0.25, -0.2) is 0 Å². The first-order valence-corrected chi connectivity index (χ1v) is 7.00. The zero-order chi connectivity index (χ0) is 13.1. The molecule has 1 unspecified atom stereocenters. The van der Waals surface area contributed by atoms with Crippen molar-refractivity contribution >= 4 is 23.0 Å². The Kier molecular flexibility index (Phi) is 4.36. The van der Waals surface area contributed by atoms with Gasteiger partial charge in [0.05, 0.1) is 11.4 Å². The normalized spacial score (nSPS) is 20.3. The highest BCUT2D eigenvalue weighted by atomic mass is 35.5. The first-order valence-electron chi connectivity index (χ1n) is 6.62. The highest BCUT2D eigenvalue weighted by Crippen LogP contribution is 2.30. The molecule has 0 saturated carbocycles. The zero-order valence-corrected chi connectivity index (χ0v) is 11.9. The van der Waals surface area contributed by atoms with Gasteiger partial charge in [-0.3, -0.25) is 0 Å². The van der Waals surface area contributed by atoms with E-state index in [9.17, 15) is 0 Å². The van der Waals surface area contributed by atoms with Crippen LogP contribution in [0.1, 0.15) is 18.9 Å². The van der Waals surface area contributed by atoms with Crippen molar-refractivity contribution in [3.8, 4) is 0 Å². The van der Waals surface area contributed by atoms with E-state index in [-0.39, 0.29) is 0 Å². The van der Waals surface area contributed by atoms with Crippen molar-refractivity contribution < 1.29 is 0 Å². The lowest BCUT2D eigenvalue weighted by atomic mass is 10.1. The summed E-state index contributed by atoms with van der Waals surface area (Å²) >= 11 is 6.12. The second kappa shape index (κ2) is 5.81. The van der Waals surface area contributed by atoms with Gasteiger partial charge in [-0.05, 0) is 50.0 Å². The van der Waals surface area contributed by atoms with Crippen molar-refractivity contribution in [1.82, 2.24) is 4.90 Å². The first-order chi connectivity index (χ1) is 8.61. The first kappa shape index (κ1) is 13.5. The molecule has 1 aliphatic rings. The van der Waals surface area contributed by atoms with Crippen LogP contribution in [0, 0.1) is 12.8 Å². The molecule has 1 heterocycles. The van der Waals surface area contributed by atoms with Gasteiger partial charge in [0.25, 0.3) is 0 Å². The third-order valence-electron chi connectivity index (χ3n) is 3.82. The van der Waals surface area contributed by atoms with Gasteiger partial charge in [0.1, 0.15) is 0 Å². The predicted octanol–water partition coefficient (Wildman–Crippen LogP) is 2.98. The summed E-state index contributed by atoms with van der Waals surface area (Å²) < 4.78 is 0. The minimum Gasteiger partial charge on any atom is -0.397 e. The molecule has 100 valence electrons. The monoisotopic (exact) mass is 267 g/mol. The Morgan fingerprint density at radius 1 is 1.50 bits per heavy atom. The molecule has 4 heteroatoms. The molecule has 1 atom stereocenters. The van der Waals surface area contributed by atoms with E-state index >= 15 is 0 Å². The van der Waals surface area contributed by atoms with Crippen molar-refractivity contribution in [2.24, 2.45) is 5.92 Å². The largest absolute Gasteiger partial charge is 0.397 e. The fourth-order valence-electron chi connectivity index (χ4n) is 2.55. The molecule has 0 radical (unpaired) electrons. The van der Waals surface area contributed by atoms with Gasteiger partial charge < -0.3 is 16.0 Å². The van der Waals surface area contributed by atoms with E-state index in [1.807, 2.05) is 19.1 Å². The van der Waals surface area contributed by atoms with E-state index in [0.717, 1.165) is 35.1 Å². The SMILES string of the molecule is CCN1CCC(CNc2c(N)ccc(Cl)c2C)C1. The molecule has 2 rings (SSSR count). The van der Waals surface area contributed by atoms with Crippen LogP contribution in [-0.4, -0.2) is 31.1 Å². The summed E-state index contributed by atoms with van der Waals surface area (Å²) in [5.41, 5.74) is 8.82. The van der Waals surface area contributed by atoms with Gasteiger partial charge in [-0.15, -0.1) is 0 Å². The summed E-state index contributed by atoms with van der Waals surface area (Å²) in [6.07, 6.45) is 1.26. The molecule has 1 aromatic rings. The number of halogens is 1. The highest BCUT2D eigenvalue weighted by Gasteiger charge is 2.21. The molecule has 0 aromatic heterocycles. The lowest BCUT2D eigenvalue weighted by molar-refractivity contribution is 0.345. The smallest absolute Gasteiger partial charge is 0.0618 e. The molecule has 3 nitrogen and oxygen atoms in total. The summed E-state index contributed by atoms with van der Waals surface area (Å²) in [4.78, 5) is 2.49. The zero-order valence-electron chi connectivity index (χ0n) is 11.2. The topological polar surface area (TPSA) is 41.3 Å². The maximum Gasteiger partial charge on any atom is 0.0618 e. The van der Waals surface area contributed by atoms with E-state index in [1.54, 1.807) is 0 Å². The molecule has 3 N–H and O–H groups in total. The van der Waals surface area contributed by atoms with Crippen LogP contribution in [0.25, 0.3) is 0 Å². The van der Waals surface area contributed by atoms with Gasteiger partial charge >= 0.3 is 0 Å². The average Bonchev–Trinajstić information content (AvgIpc) is 2.82. The molecule has 18 heavy (non-hydrogen) atoms. The number of nitrogen functional groups attached to an aromatic ring is 1. The van der Waals surface area contributed by atoms with Crippen LogP contribution < -0.4 is 11.1 Å². The Morgan fingerprint density at radius 2 is 2.28 bits per heavy atom. The number of anilines is 2. The van der Waals surface area contributed by atoms with E-state index < -0.39 is 0 Å². The van der Waals surface area contributed by atoms with Crippen molar-refractivity contribution in [1.29, 1.82) is 0 Å². The molecule has 1 aliphatic heterocycles. The summed E-state index contributed by atoms with van der Waals surface area (Å²) in [6, 6.07) is 3.72. The second-order valence-electron chi connectivity index (χ2n) is 5.07. The Balaban J connectivity index is 1.97. The van der Waals surface area contributed by atoms with Crippen LogP contribution in [0.3, 0.4) is 0 Å². The van der Waals surface area contributed by atoms with Gasteiger partial charge in [0.15, 0.2) is 0 Å². The van der Waals surface area contributed by atoms with E-state index in [2.05, 4.69) is 17.1 Å². The van der Waals surface area contributed by atoms with E-state index in [1.165, 1.54) is 19.5 Å². The van der Waals surface area contributed by atoms with Crippen molar-refractivity contribution in [2.75, 3.05) is 37.2 Å². The van der Waals surface area contributed by atoms with Crippen LogP contribution in [0.15, 0.2) is 12.1 Å². The fraction of sp³-hybridized carbons (Fsp3) is 0.571. The summed E-state index contributed by atoms with van der Waals surface area (Å²) in [5.74, 6) is 0.711. The number of likely N-dealkylation sites (tertiary alicyclic amines) is 1. The minimum absolute atomic E-state index is 0.711. The Morgan fingerprint density at radius 3 is 2.94 bits per heavy atom.